The van der Waals surface area contributed by atoms with E-state index in [9.17, 15) is 4.79 Å². The summed E-state index contributed by atoms with van der Waals surface area (Å²) in [6.45, 7) is 0. The van der Waals surface area contributed by atoms with Crippen molar-refractivity contribution < 1.29 is 4.79 Å². The summed E-state index contributed by atoms with van der Waals surface area (Å²) >= 11 is 7.92. The van der Waals surface area contributed by atoms with Gasteiger partial charge in [0, 0.05) is 27.6 Å². The monoisotopic (exact) mass is 461 g/mol. The van der Waals surface area contributed by atoms with Gasteiger partial charge < -0.3 is 11.1 Å². The number of amides is 1. The third kappa shape index (κ3) is 3.98. The van der Waals surface area contributed by atoms with Gasteiger partial charge in [-0.2, -0.15) is 0 Å². The zero-order chi connectivity index (χ0) is 22.1. The Morgan fingerprint density at radius 1 is 1.00 bits per heavy atom. The van der Waals surface area contributed by atoms with Crippen LogP contribution in [0.2, 0.25) is 5.02 Å². The lowest BCUT2D eigenvalue weighted by Gasteiger charge is -2.22. The highest BCUT2D eigenvalue weighted by atomic mass is 35.5. The number of pyridine rings is 1. The fourth-order valence-corrected chi connectivity index (χ4v) is 5.70. The van der Waals surface area contributed by atoms with Gasteiger partial charge in [0.25, 0.3) is 5.91 Å². The number of nitrogen functional groups attached to an aromatic ring is 1. The molecule has 5 rings (SSSR count). The first-order chi connectivity index (χ1) is 15.6. The lowest BCUT2D eigenvalue weighted by atomic mass is 9.95. The molecule has 0 aliphatic heterocycles. The van der Waals surface area contributed by atoms with E-state index in [0.29, 0.717) is 15.6 Å². The Labute approximate surface area is 196 Å². The van der Waals surface area contributed by atoms with Gasteiger partial charge in [0.05, 0.1) is 11.4 Å². The van der Waals surface area contributed by atoms with Crippen molar-refractivity contribution in [2.24, 2.45) is 0 Å². The van der Waals surface area contributed by atoms with E-state index in [1.165, 1.54) is 17.8 Å². The maximum atomic E-state index is 13.1. The van der Waals surface area contributed by atoms with Crippen LogP contribution in [-0.4, -0.2) is 16.9 Å². The number of hydrogen-bond acceptors (Lipinski definition) is 4. The lowest BCUT2D eigenvalue weighted by Crippen LogP contribution is -2.36. The van der Waals surface area contributed by atoms with E-state index >= 15 is 0 Å². The zero-order valence-corrected chi connectivity index (χ0v) is 19.2. The third-order valence-corrected chi connectivity index (χ3v) is 7.51. The van der Waals surface area contributed by atoms with E-state index in [1.54, 1.807) is 0 Å². The SMILES string of the molecule is Nc1c(C(=O)NC2CCCCC2)sc2nc(-c3ccccc3)cc(-c3ccccc3Cl)c12. The van der Waals surface area contributed by atoms with Gasteiger partial charge >= 0.3 is 0 Å². The number of carbonyl (C=O) groups excluding carboxylic acids is 1. The van der Waals surface area contributed by atoms with Crippen molar-refractivity contribution in [3.05, 3.63) is 70.6 Å². The molecule has 2 heterocycles. The van der Waals surface area contributed by atoms with Gasteiger partial charge in [0.2, 0.25) is 0 Å². The minimum Gasteiger partial charge on any atom is -0.397 e. The second-order valence-corrected chi connectivity index (χ2v) is 9.64. The predicted octanol–water partition coefficient (Wildman–Crippen LogP) is 6.93. The number of rotatable bonds is 4. The highest BCUT2D eigenvalue weighted by Crippen LogP contribution is 2.43. The van der Waals surface area contributed by atoms with Crippen LogP contribution in [-0.2, 0) is 0 Å². The molecule has 1 saturated carbocycles. The van der Waals surface area contributed by atoms with Crippen molar-refractivity contribution >= 4 is 44.7 Å². The van der Waals surface area contributed by atoms with Crippen LogP contribution in [0.1, 0.15) is 41.8 Å². The van der Waals surface area contributed by atoms with Crippen LogP contribution in [0.4, 0.5) is 5.69 Å². The Morgan fingerprint density at radius 3 is 2.47 bits per heavy atom. The number of thiophene rings is 1. The summed E-state index contributed by atoms with van der Waals surface area (Å²) in [6, 6.07) is 19.9. The first-order valence-corrected chi connectivity index (χ1v) is 12.2. The summed E-state index contributed by atoms with van der Waals surface area (Å²) in [4.78, 5) is 19.3. The topological polar surface area (TPSA) is 68.0 Å². The van der Waals surface area contributed by atoms with E-state index < -0.39 is 0 Å². The van der Waals surface area contributed by atoms with Crippen molar-refractivity contribution in [1.82, 2.24) is 10.3 Å². The maximum absolute atomic E-state index is 13.1. The molecular formula is C26H24ClN3OS. The molecule has 6 heteroatoms. The number of hydrogen-bond donors (Lipinski definition) is 2. The Kier molecular flexibility index (Phi) is 5.85. The van der Waals surface area contributed by atoms with Crippen LogP contribution < -0.4 is 11.1 Å². The van der Waals surface area contributed by atoms with Gasteiger partial charge in [0.1, 0.15) is 9.71 Å². The standard InChI is InChI=1S/C26H24ClN3OS/c27-20-14-8-7-13-18(20)19-15-21(16-9-3-1-4-10-16)30-26-22(19)23(28)24(32-26)25(31)29-17-11-5-2-6-12-17/h1,3-4,7-10,13-15,17H,2,5-6,11-12,28H2,(H,29,31). The number of aromatic nitrogens is 1. The van der Waals surface area contributed by atoms with Crippen molar-refractivity contribution in [2.45, 2.75) is 38.1 Å². The number of halogens is 1. The predicted molar refractivity (Wildman–Crippen MR) is 134 cm³/mol. The molecule has 1 aliphatic carbocycles. The Balaban J connectivity index is 1.66. The van der Waals surface area contributed by atoms with Gasteiger partial charge in [-0.1, -0.05) is 79.4 Å². The van der Waals surface area contributed by atoms with Crippen molar-refractivity contribution in [1.29, 1.82) is 0 Å². The molecule has 0 unspecified atom stereocenters. The van der Waals surface area contributed by atoms with E-state index in [0.717, 1.165) is 58.3 Å². The number of nitrogens with zero attached hydrogens (tertiary/aromatic N) is 1. The third-order valence-electron chi connectivity index (χ3n) is 6.08. The first kappa shape index (κ1) is 21.0. The summed E-state index contributed by atoms with van der Waals surface area (Å²) in [5, 5.41) is 4.62. The molecule has 2 aromatic carbocycles. The fourth-order valence-electron chi connectivity index (χ4n) is 4.44. The van der Waals surface area contributed by atoms with Gasteiger partial charge in [-0.25, -0.2) is 4.98 Å². The minimum atomic E-state index is -0.108. The summed E-state index contributed by atoms with van der Waals surface area (Å²) in [5.74, 6) is -0.108. The molecule has 32 heavy (non-hydrogen) atoms. The number of anilines is 1. The molecule has 4 nitrogen and oxygen atoms in total. The molecule has 1 fully saturated rings. The van der Waals surface area contributed by atoms with Crippen molar-refractivity contribution in [3.63, 3.8) is 0 Å². The van der Waals surface area contributed by atoms with Crippen LogP contribution >= 0.6 is 22.9 Å². The average molecular weight is 462 g/mol. The molecule has 1 amide bonds. The second kappa shape index (κ2) is 8.93. The molecule has 0 spiro atoms. The number of nitrogens with two attached hydrogens (primary N) is 1. The van der Waals surface area contributed by atoms with E-state index in [4.69, 9.17) is 22.3 Å². The van der Waals surface area contributed by atoms with E-state index in [1.807, 2.05) is 60.7 Å². The van der Waals surface area contributed by atoms with Gasteiger partial charge in [-0.05, 0) is 30.5 Å². The summed E-state index contributed by atoms with van der Waals surface area (Å²) in [7, 11) is 0. The van der Waals surface area contributed by atoms with Crippen LogP contribution in [0.3, 0.4) is 0 Å². The molecule has 0 bridgehead atoms. The molecule has 0 atom stereocenters. The molecular weight excluding hydrogens is 438 g/mol. The van der Waals surface area contributed by atoms with Crippen LogP contribution in [0, 0.1) is 0 Å². The number of fused-ring (bicyclic) bond motifs is 1. The normalized spacial score (nSPS) is 14.5. The van der Waals surface area contributed by atoms with Gasteiger partial charge in [-0.15, -0.1) is 11.3 Å². The Morgan fingerprint density at radius 2 is 1.72 bits per heavy atom. The summed E-state index contributed by atoms with van der Waals surface area (Å²) < 4.78 is 0. The highest BCUT2D eigenvalue weighted by molar-refractivity contribution is 7.21. The molecule has 0 saturated heterocycles. The largest absolute Gasteiger partial charge is 0.397 e. The van der Waals surface area contributed by atoms with Crippen LogP contribution in [0.25, 0.3) is 32.6 Å². The van der Waals surface area contributed by atoms with E-state index in [-0.39, 0.29) is 11.9 Å². The van der Waals surface area contributed by atoms with Gasteiger partial charge in [0.15, 0.2) is 0 Å². The second-order valence-electron chi connectivity index (χ2n) is 8.23. The Hall–Kier alpha value is -2.89. The van der Waals surface area contributed by atoms with Crippen LogP contribution in [0.5, 0.6) is 0 Å². The quantitative estimate of drug-likeness (QED) is 0.346. The maximum Gasteiger partial charge on any atom is 0.263 e. The smallest absolute Gasteiger partial charge is 0.263 e. The molecule has 4 aromatic rings. The molecule has 0 radical (unpaired) electrons. The number of nitrogens with one attached hydrogen (secondary N) is 1. The molecule has 3 N–H and O–H groups in total. The number of benzene rings is 2. The summed E-state index contributed by atoms with van der Waals surface area (Å²) in [5.41, 5.74) is 10.7. The highest BCUT2D eigenvalue weighted by Gasteiger charge is 2.24. The van der Waals surface area contributed by atoms with Crippen LogP contribution in [0.15, 0.2) is 60.7 Å². The summed E-state index contributed by atoms with van der Waals surface area (Å²) in [6.07, 6.45) is 5.61. The lowest BCUT2D eigenvalue weighted by molar-refractivity contribution is 0.0932. The molecule has 2 aromatic heterocycles. The average Bonchev–Trinajstić information content (AvgIpc) is 3.17. The van der Waals surface area contributed by atoms with E-state index in [2.05, 4.69) is 5.32 Å². The first-order valence-electron chi connectivity index (χ1n) is 11.0. The Bertz CT molecular complexity index is 1280. The molecule has 162 valence electrons. The minimum absolute atomic E-state index is 0.108. The van der Waals surface area contributed by atoms with Crippen molar-refractivity contribution in [3.8, 4) is 22.4 Å². The zero-order valence-electron chi connectivity index (χ0n) is 17.6. The molecule has 1 aliphatic rings. The fraction of sp³-hybridized carbons (Fsp3) is 0.231. The van der Waals surface area contributed by atoms with Gasteiger partial charge in [-0.3, -0.25) is 4.79 Å². The van der Waals surface area contributed by atoms with Crippen molar-refractivity contribution in [2.75, 3.05) is 5.73 Å². The number of carbonyl (C=O) groups is 1.